The summed E-state index contributed by atoms with van der Waals surface area (Å²) < 4.78 is 6.68. The van der Waals surface area contributed by atoms with Crippen molar-refractivity contribution in [2.24, 2.45) is 22.7 Å². The Morgan fingerprint density at radius 2 is 1.57 bits per heavy atom. The van der Waals surface area contributed by atoms with Gasteiger partial charge in [-0.3, -0.25) is 0 Å². The zero-order valence-electron chi connectivity index (χ0n) is 14.8. The first-order chi connectivity index (χ1) is 9.65. The highest BCUT2D eigenvalue weighted by molar-refractivity contribution is 5.12. The SMILES string of the molecule is C=C[C@@]1(C)CC[C@@H]2[C@]3(C)CCCC(C)(C)[C@@H]3CC[C@]2(C)O1. The van der Waals surface area contributed by atoms with Gasteiger partial charge in [0.25, 0.3) is 0 Å². The summed E-state index contributed by atoms with van der Waals surface area (Å²) in [6.07, 6.45) is 11.2. The molecule has 3 fully saturated rings. The maximum Gasteiger partial charge on any atom is 0.0839 e. The van der Waals surface area contributed by atoms with Crippen LogP contribution >= 0.6 is 0 Å². The van der Waals surface area contributed by atoms with E-state index in [0.29, 0.717) is 10.8 Å². The first-order valence-electron chi connectivity index (χ1n) is 8.99. The van der Waals surface area contributed by atoms with E-state index in [9.17, 15) is 0 Å². The van der Waals surface area contributed by atoms with E-state index in [-0.39, 0.29) is 11.2 Å². The second kappa shape index (κ2) is 4.60. The zero-order valence-corrected chi connectivity index (χ0v) is 14.8. The minimum absolute atomic E-state index is 0.0554. The molecule has 2 aliphatic carbocycles. The monoisotopic (exact) mass is 290 g/mol. The smallest absolute Gasteiger partial charge is 0.0839 e. The van der Waals surface area contributed by atoms with Gasteiger partial charge >= 0.3 is 0 Å². The molecule has 1 heterocycles. The molecule has 2 saturated carbocycles. The van der Waals surface area contributed by atoms with Crippen molar-refractivity contribution < 1.29 is 4.74 Å². The molecule has 0 unspecified atom stereocenters. The predicted octanol–water partition coefficient (Wildman–Crippen LogP) is 5.74. The van der Waals surface area contributed by atoms with Crippen LogP contribution in [-0.2, 0) is 4.74 Å². The van der Waals surface area contributed by atoms with Gasteiger partial charge in [-0.15, -0.1) is 6.58 Å². The molecule has 1 heteroatoms. The third-order valence-electron chi connectivity index (χ3n) is 7.57. The molecule has 120 valence electrons. The van der Waals surface area contributed by atoms with E-state index >= 15 is 0 Å². The number of hydrogen-bond donors (Lipinski definition) is 0. The summed E-state index contributed by atoms with van der Waals surface area (Å²) in [6, 6.07) is 0. The second-order valence-electron chi connectivity index (χ2n) is 9.46. The zero-order chi connectivity index (χ0) is 15.5. The number of hydrogen-bond acceptors (Lipinski definition) is 1. The van der Waals surface area contributed by atoms with Gasteiger partial charge in [-0.05, 0) is 75.0 Å². The van der Waals surface area contributed by atoms with Crippen molar-refractivity contribution in [3.05, 3.63) is 12.7 Å². The summed E-state index contributed by atoms with van der Waals surface area (Å²) in [5.74, 6) is 1.59. The lowest BCUT2D eigenvalue weighted by Crippen LogP contribution is -2.62. The molecule has 5 atom stereocenters. The van der Waals surface area contributed by atoms with Gasteiger partial charge in [-0.25, -0.2) is 0 Å². The normalized spacial score (nSPS) is 52.6. The third-order valence-corrected chi connectivity index (χ3v) is 7.57. The Labute approximate surface area is 131 Å². The maximum absolute atomic E-state index is 6.68. The maximum atomic E-state index is 6.68. The molecule has 0 bridgehead atoms. The Morgan fingerprint density at radius 1 is 0.905 bits per heavy atom. The first-order valence-corrected chi connectivity index (χ1v) is 8.99. The molecule has 0 radical (unpaired) electrons. The Hall–Kier alpha value is -0.300. The minimum Gasteiger partial charge on any atom is -0.365 e. The van der Waals surface area contributed by atoms with Gasteiger partial charge in [0.1, 0.15) is 0 Å². The van der Waals surface area contributed by atoms with Gasteiger partial charge in [0.2, 0.25) is 0 Å². The van der Waals surface area contributed by atoms with Crippen LogP contribution in [-0.4, -0.2) is 11.2 Å². The fourth-order valence-corrected chi connectivity index (χ4v) is 6.52. The molecule has 0 aromatic carbocycles. The Bertz CT molecular complexity index is 439. The average molecular weight is 290 g/mol. The van der Waals surface area contributed by atoms with Crippen LogP contribution in [0.4, 0.5) is 0 Å². The van der Waals surface area contributed by atoms with E-state index in [1.54, 1.807) is 0 Å². The van der Waals surface area contributed by atoms with Crippen LogP contribution in [0.1, 0.15) is 79.6 Å². The summed E-state index contributed by atoms with van der Waals surface area (Å²) in [5.41, 5.74) is 0.920. The summed E-state index contributed by atoms with van der Waals surface area (Å²) in [6.45, 7) is 16.2. The fourth-order valence-electron chi connectivity index (χ4n) is 6.52. The van der Waals surface area contributed by atoms with E-state index in [1.807, 2.05) is 6.08 Å². The van der Waals surface area contributed by atoms with Gasteiger partial charge in [0.15, 0.2) is 0 Å². The molecular weight excluding hydrogens is 256 g/mol. The molecule has 0 N–H and O–H groups in total. The van der Waals surface area contributed by atoms with Crippen molar-refractivity contribution in [1.82, 2.24) is 0 Å². The van der Waals surface area contributed by atoms with Gasteiger partial charge in [-0.2, -0.15) is 0 Å². The van der Waals surface area contributed by atoms with Crippen molar-refractivity contribution in [2.75, 3.05) is 0 Å². The van der Waals surface area contributed by atoms with E-state index in [4.69, 9.17) is 4.74 Å². The Balaban J connectivity index is 1.94. The lowest BCUT2D eigenvalue weighted by Gasteiger charge is -2.65. The average Bonchev–Trinajstić information content (AvgIpc) is 2.36. The summed E-state index contributed by atoms with van der Waals surface area (Å²) in [4.78, 5) is 0. The van der Waals surface area contributed by atoms with Gasteiger partial charge in [0, 0.05) is 0 Å². The number of fused-ring (bicyclic) bond motifs is 3. The minimum atomic E-state index is -0.112. The van der Waals surface area contributed by atoms with Crippen molar-refractivity contribution >= 4 is 0 Å². The topological polar surface area (TPSA) is 9.23 Å². The first kappa shape index (κ1) is 15.6. The van der Waals surface area contributed by atoms with Crippen LogP contribution in [0.15, 0.2) is 12.7 Å². The van der Waals surface area contributed by atoms with E-state index in [0.717, 1.165) is 18.3 Å². The van der Waals surface area contributed by atoms with E-state index < -0.39 is 0 Å². The van der Waals surface area contributed by atoms with Crippen molar-refractivity contribution in [3.8, 4) is 0 Å². The van der Waals surface area contributed by atoms with E-state index in [2.05, 4.69) is 41.2 Å². The van der Waals surface area contributed by atoms with Crippen molar-refractivity contribution in [3.63, 3.8) is 0 Å². The second-order valence-corrected chi connectivity index (χ2v) is 9.46. The van der Waals surface area contributed by atoms with Gasteiger partial charge in [-0.1, -0.05) is 33.3 Å². The van der Waals surface area contributed by atoms with Crippen molar-refractivity contribution in [2.45, 2.75) is 90.8 Å². The molecule has 0 spiro atoms. The summed E-state index contributed by atoms with van der Waals surface area (Å²) in [5, 5.41) is 0. The number of ether oxygens (including phenoxy) is 1. The molecule has 0 amide bonds. The predicted molar refractivity (Wildman–Crippen MR) is 89.3 cm³/mol. The molecule has 3 rings (SSSR count). The molecule has 3 aliphatic rings. The highest BCUT2D eigenvalue weighted by atomic mass is 16.5. The molecule has 1 nitrogen and oxygen atoms in total. The van der Waals surface area contributed by atoms with Crippen LogP contribution in [0.5, 0.6) is 0 Å². The van der Waals surface area contributed by atoms with Crippen LogP contribution in [0, 0.1) is 22.7 Å². The largest absolute Gasteiger partial charge is 0.365 e. The molecule has 0 aromatic rings. The van der Waals surface area contributed by atoms with Crippen LogP contribution in [0.25, 0.3) is 0 Å². The van der Waals surface area contributed by atoms with Crippen LogP contribution in [0.2, 0.25) is 0 Å². The summed E-state index contributed by atoms with van der Waals surface area (Å²) in [7, 11) is 0. The number of rotatable bonds is 1. The van der Waals surface area contributed by atoms with Crippen LogP contribution < -0.4 is 0 Å². The van der Waals surface area contributed by atoms with Gasteiger partial charge < -0.3 is 4.74 Å². The standard InChI is InChI=1S/C20H34O/c1-7-18(4)13-9-16-19(5)12-8-11-17(2,3)15(19)10-14-20(16,6)21-18/h7,15-16H,1,8-14H2,2-6H3/t15-,16+,18-,19+,20-/m0/s1. The third kappa shape index (κ3) is 2.22. The molecule has 1 saturated heterocycles. The van der Waals surface area contributed by atoms with Crippen LogP contribution in [0.3, 0.4) is 0 Å². The highest BCUT2D eigenvalue weighted by Gasteiger charge is 2.61. The Morgan fingerprint density at radius 3 is 2.24 bits per heavy atom. The van der Waals surface area contributed by atoms with E-state index in [1.165, 1.54) is 38.5 Å². The lowest BCUT2D eigenvalue weighted by atomic mass is 9.44. The summed E-state index contributed by atoms with van der Waals surface area (Å²) >= 11 is 0. The molecule has 1 aliphatic heterocycles. The highest BCUT2D eigenvalue weighted by Crippen LogP contribution is 2.65. The fraction of sp³-hybridized carbons (Fsp3) is 0.900. The molecular formula is C20H34O. The molecule has 0 aromatic heterocycles. The Kier molecular flexibility index (Phi) is 3.41. The molecule has 21 heavy (non-hydrogen) atoms. The van der Waals surface area contributed by atoms with Gasteiger partial charge in [0.05, 0.1) is 11.2 Å². The quantitative estimate of drug-likeness (QED) is 0.559. The van der Waals surface area contributed by atoms with Crippen molar-refractivity contribution in [1.29, 1.82) is 0 Å². The lowest BCUT2D eigenvalue weighted by molar-refractivity contribution is -0.252.